The molecular formula is C17H18Cl2N4O4S. The maximum absolute atomic E-state index is 12.1. The van der Waals surface area contributed by atoms with Crippen molar-refractivity contribution in [1.29, 1.82) is 0 Å². The third-order valence-corrected chi connectivity index (χ3v) is 5.13. The highest BCUT2D eigenvalue weighted by atomic mass is 35.5. The van der Waals surface area contributed by atoms with Crippen molar-refractivity contribution < 1.29 is 18.0 Å². The van der Waals surface area contributed by atoms with Gasteiger partial charge in [-0.05, 0) is 43.4 Å². The number of primary sulfonamides is 1. The summed E-state index contributed by atoms with van der Waals surface area (Å²) < 4.78 is 22.7. The molecule has 0 aliphatic carbocycles. The van der Waals surface area contributed by atoms with E-state index < -0.39 is 15.9 Å². The van der Waals surface area contributed by atoms with E-state index in [1.165, 1.54) is 35.2 Å². The van der Waals surface area contributed by atoms with Crippen molar-refractivity contribution in [2.45, 2.75) is 4.90 Å². The highest BCUT2D eigenvalue weighted by Gasteiger charge is 2.13. The zero-order valence-corrected chi connectivity index (χ0v) is 17.1. The smallest absolute Gasteiger partial charge is 0.238 e. The highest BCUT2D eigenvalue weighted by molar-refractivity contribution is 7.89. The third kappa shape index (κ3) is 6.77. The first-order valence-electron chi connectivity index (χ1n) is 7.91. The Labute approximate surface area is 172 Å². The zero-order valence-electron chi connectivity index (χ0n) is 14.8. The molecule has 11 heteroatoms. The maximum Gasteiger partial charge on any atom is 0.238 e. The Bertz CT molecular complexity index is 998. The normalized spacial score (nSPS) is 11.3. The van der Waals surface area contributed by atoms with E-state index in [2.05, 4.69) is 10.6 Å². The van der Waals surface area contributed by atoms with Crippen molar-refractivity contribution in [2.24, 2.45) is 5.14 Å². The Balaban J connectivity index is 1.88. The van der Waals surface area contributed by atoms with Crippen molar-refractivity contribution in [1.82, 2.24) is 4.90 Å². The molecule has 0 spiro atoms. The second-order valence-corrected chi connectivity index (χ2v) is 8.35. The summed E-state index contributed by atoms with van der Waals surface area (Å²) in [5, 5.41) is 11.0. The fraction of sp³-hybridized carbons (Fsp3) is 0.176. The number of hydrogen-bond donors (Lipinski definition) is 3. The average molecular weight is 445 g/mol. The predicted octanol–water partition coefficient (Wildman–Crippen LogP) is 2.15. The summed E-state index contributed by atoms with van der Waals surface area (Å²) in [6.45, 7) is -0.140. The number of sulfonamides is 1. The van der Waals surface area contributed by atoms with Gasteiger partial charge in [0.1, 0.15) is 0 Å². The largest absolute Gasteiger partial charge is 0.325 e. The SMILES string of the molecule is CN(CC(=O)Nc1cccc(S(N)(=O)=O)c1)CC(=O)Nc1ccc(Cl)c(Cl)c1. The van der Waals surface area contributed by atoms with Gasteiger partial charge in [0.25, 0.3) is 0 Å². The van der Waals surface area contributed by atoms with Crippen molar-refractivity contribution >= 4 is 56.4 Å². The van der Waals surface area contributed by atoms with Gasteiger partial charge in [-0.25, -0.2) is 13.6 Å². The van der Waals surface area contributed by atoms with Gasteiger partial charge in [0.15, 0.2) is 0 Å². The molecule has 0 heterocycles. The molecule has 2 aromatic carbocycles. The maximum atomic E-state index is 12.1. The van der Waals surface area contributed by atoms with Gasteiger partial charge >= 0.3 is 0 Å². The summed E-state index contributed by atoms with van der Waals surface area (Å²) in [7, 11) is -2.28. The van der Waals surface area contributed by atoms with Gasteiger partial charge in [-0.15, -0.1) is 0 Å². The summed E-state index contributed by atoms with van der Waals surface area (Å²) in [6, 6.07) is 10.3. The van der Waals surface area contributed by atoms with Crippen molar-refractivity contribution in [3.63, 3.8) is 0 Å². The van der Waals surface area contributed by atoms with Crippen LogP contribution in [-0.2, 0) is 19.6 Å². The number of amides is 2. The minimum absolute atomic E-state index is 0.0507. The van der Waals surface area contributed by atoms with Crippen molar-refractivity contribution in [3.05, 3.63) is 52.5 Å². The lowest BCUT2D eigenvalue weighted by Crippen LogP contribution is -2.36. The third-order valence-electron chi connectivity index (χ3n) is 3.48. The van der Waals surface area contributed by atoms with E-state index in [0.717, 1.165) is 0 Å². The standard InChI is InChI=1S/C17H18Cl2N4O4S/c1-23(10-17(25)22-12-5-6-14(18)15(19)8-12)9-16(24)21-11-3-2-4-13(7-11)28(20,26)27/h2-8H,9-10H2,1H3,(H,21,24)(H,22,25)(H2,20,26,27). The molecule has 0 aliphatic heterocycles. The van der Waals surface area contributed by atoms with Crippen LogP contribution >= 0.6 is 23.2 Å². The molecule has 28 heavy (non-hydrogen) atoms. The van der Waals surface area contributed by atoms with Gasteiger partial charge in [0.2, 0.25) is 21.8 Å². The molecule has 0 unspecified atom stereocenters. The van der Waals surface area contributed by atoms with Crippen LogP contribution in [0.2, 0.25) is 10.0 Å². The minimum Gasteiger partial charge on any atom is -0.325 e. The first-order valence-corrected chi connectivity index (χ1v) is 10.2. The second kappa shape index (κ2) is 9.35. The lowest BCUT2D eigenvalue weighted by molar-refractivity contribution is -0.119. The van der Waals surface area contributed by atoms with Gasteiger partial charge in [-0.1, -0.05) is 29.3 Å². The van der Waals surface area contributed by atoms with E-state index in [-0.39, 0.29) is 29.6 Å². The molecule has 0 saturated heterocycles. The van der Waals surface area contributed by atoms with Gasteiger partial charge in [-0.3, -0.25) is 14.5 Å². The topological polar surface area (TPSA) is 122 Å². The van der Waals surface area contributed by atoms with E-state index in [1.54, 1.807) is 19.2 Å². The number of rotatable bonds is 7. The highest BCUT2D eigenvalue weighted by Crippen LogP contribution is 2.24. The molecule has 150 valence electrons. The van der Waals surface area contributed by atoms with Crippen LogP contribution in [0, 0.1) is 0 Å². The fourth-order valence-corrected chi connectivity index (χ4v) is 3.13. The van der Waals surface area contributed by atoms with E-state index in [0.29, 0.717) is 15.7 Å². The number of nitrogens with zero attached hydrogens (tertiary/aromatic N) is 1. The fourth-order valence-electron chi connectivity index (χ4n) is 2.27. The number of carbonyl (C=O) groups excluding carboxylic acids is 2. The molecule has 8 nitrogen and oxygen atoms in total. The van der Waals surface area contributed by atoms with E-state index >= 15 is 0 Å². The van der Waals surface area contributed by atoms with Crippen LogP contribution in [0.25, 0.3) is 0 Å². The van der Waals surface area contributed by atoms with Crippen molar-refractivity contribution in [3.8, 4) is 0 Å². The summed E-state index contributed by atoms with van der Waals surface area (Å²) in [5.41, 5.74) is 0.766. The van der Waals surface area contributed by atoms with E-state index in [4.69, 9.17) is 28.3 Å². The molecule has 0 aromatic heterocycles. The lowest BCUT2D eigenvalue weighted by atomic mass is 10.3. The number of benzene rings is 2. The number of carbonyl (C=O) groups is 2. The van der Waals surface area contributed by atoms with Gasteiger partial charge < -0.3 is 10.6 Å². The first-order chi connectivity index (χ1) is 13.0. The minimum atomic E-state index is -3.87. The molecule has 2 amide bonds. The Kier molecular flexibility index (Phi) is 7.39. The monoisotopic (exact) mass is 444 g/mol. The van der Waals surface area contributed by atoms with Crippen LogP contribution in [0.5, 0.6) is 0 Å². The zero-order chi connectivity index (χ0) is 20.9. The van der Waals surface area contributed by atoms with Gasteiger partial charge in [0, 0.05) is 11.4 Å². The van der Waals surface area contributed by atoms with Gasteiger partial charge in [-0.2, -0.15) is 0 Å². The summed E-state index contributed by atoms with van der Waals surface area (Å²) in [5.74, 6) is -0.763. The van der Waals surface area contributed by atoms with Gasteiger partial charge in [0.05, 0.1) is 28.0 Å². The van der Waals surface area contributed by atoms with Crippen LogP contribution < -0.4 is 15.8 Å². The lowest BCUT2D eigenvalue weighted by Gasteiger charge is -2.16. The van der Waals surface area contributed by atoms with E-state index in [9.17, 15) is 18.0 Å². The van der Waals surface area contributed by atoms with Crippen molar-refractivity contribution in [2.75, 3.05) is 30.8 Å². The first kappa shape index (κ1) is 22.1. The number of nitrogens with two attached hydrogens (primary N) is 1. The Morgan fingerprint density at radius 3 is 2.07 bits per heavy atom. The molecule has 4 N–H and O–H groups in total. The molecule has 2 rings (SSSR count). The molecule has 0 fully saturated rings. The number of anilines is 2. The second-order valence-electron chi connectivity index (χ2n) is 5.97. The Hall–Kier alpha value is -2.17. The molecule has 0 radical (unpaired) electrons. The van der Waals surface area contributed by atoms with Crippen LogP contribution in [0.3, 0.4) is 0 Å². The summed E-state index contributed by atoms with van der Waals surface area (Å²) in [6.07, 6.45) is 0. The van der Waals surface area contributed by atoms with E-state index in [1.807, 2.05) is 0 Å². The number of likely N-dealkylation sites (N-methyl/N-ethyl adjacent to an activating group) is 1. The van der Waals surface area contributed by atoms with Crippen LogP contribution in [0.15, 0.2) is 47.4 Å². The number of hydrogen-bond acceptors (Lipinski definition) is 5. The van der Waals surface area contributed by atoms with Crippen LogP contribution in [0.4, 0.5) is 11.4 Å². The summed E-state index contributed by atoms with van der Waals surface area (Å²) >= 11 is 11.7. The molecule has 2 aromatic rings. The predicted molar refractivity (Wildman–Crippen MR) is 109 cm³/mol. The Morgan fingerprint density at radius 1 is 0.964 bits per heavy atom. The quantitative estimate of drug-likeness (QED) is 0.603. The molecular weight excluding hydrogens is 427 g/mol. The molecule has 0 atom stereocenters. The Morgan fingerprint density at radius 2 is 1.54 bits per heavy atom. The molecule has 0 saturated carbocycles. The van der Waals surface area contributed by atoms with Crippen LogP contribution in [-0.4, -0.2) is 45.3 Å². The molecule has 0 bridgehead atoms. The number of nitrogens with one attached hydrogen (secondary N) is 2. The van der Waals surface area contributed by atoms with Crippen LogP contribution in [0.1, 0.15) is 0 Å². The average Bonchev–Trinajstić information content (AvgIpc) is 2.57. The summed E-state index contributed by atoms with van der Waals surface area (Å²) in [4.78, 5) is 25.6. The molecule has 0 aliphatic rings. The number of halogens is 2.